The van der Waals surface area contributed by atoms with Crippen LogP contribution >= 0.6 is 11.6 Å². The van der Waals surface area contributed by atoms with Gasteiger partial charge in [0.15, 0.2) is 0 Å². The van der Waals surface area contributed by atoms with Crippen molar-refractivity contribution in [3.63, 3.8) is 0 Å². The van der Waals surface area contributed by atoms with Crippen LogP contribution in [-0.4, -0.2) is 9.38 Å². The largest absolute Gasteiger partial charge is 0.431 e. The van der Waals surface area contributed by atoms with Crippen LogP contribution in [0.2, 0.25) is 5.02 Å². The molecule has 1 aromatic carbocycles. The van der Waals surface area contributed by atoms with Gasteiger partial charge in [0.1, 0.15) is 11.3 Å². The number of pyridine rings is 1. The van der Waals surface area contributed by atoms with E-state index < -0.39 is 11.9 Å². The van der Waals surface area contributed by atoms with Crippen LogP contribution in [0, 0.1) is 0 Å². The maximum Gasteiger partial charge on any atom is 0.431 e. The van der Waals surface area contributed by atoms with Gasteiger partial charge in [0.25, 0.3) is 0 Å². The number of alkyl halides is 3. The van der Waals surface area contributed by atoms with Crippen LogP contribution in [-0.2, 0) is 6.18 Å². The summed E-state index contributed by atoms with van der Waals surface area (Å²) in [6.45, 7) is 0. The Balaban J connectivity index is 2.24. The van der Waals surface area contributed by atoms with E-state index in [1.807, 2.05) is 0 Å². The fraction of sp³-hybridized carbons (Fsp3) is 0.0714. The van der Waals surface area contributed by atoms with Crippen LogP contribution in [0.3, 0.4) is 0 Å². The molecule has 6 heteroatoms. The van der Waals surface area contributed by atoms with Crippen molar-refractivity contribution in [3.8, 4) is 11.3 Å². The summed E-state index contributed by atoms with van der Waals surface area (Å²) in [5.74, 6) is 0. The third-order valence-corrected chi connectivity index (χ3v) is 3.26. The molecule has 0 N–H and O–H groups in total. The van der Waals surface area contributed by atoms with Crippen LogP contribution in [0.15, 0.2) is 48.7 Å². The van der Waals surface area contributed by atoms with Crippen molar-refractivity contribution < 1.29 is 13.2 Å². The molecule has 0 atom stereocenters. The van der Waals surface area contributed by atoms with Gasteiger partial charge in [-0.1, -0.05) is 35.9 Å². The highest BCUT2D eigenvalue weighted by atomic mass is 35.5. The minimum atomic E-state index is -4.43. The zero-order valence-electron chi connectivity index (χ0n) is 10.0. The monoisotopic (exact) mass is 296 g/mol. The second-order valence-electron chi connectivity index (χ2n) is 4.24. The normalized spacial score (nSPS) is 12.0. The van der Waals surface area contributed by atoms with Crippen molar-refractivity contribution in [2.24, 2.45) is 0 Å². The third kappa shape index (κ3) is 2.14. The summed E-state index contributed by atoms with van der Waals surface area (Å²) in [6, 6.07) is 10.8. The Bertz CT molecular complexity index is 777. The van der Waals surface area contributed by atoms with Crippen molar-refractivity contribution >= 4 is 17.2 Å². The van der Waals surface area contributed by atoms with E-state index in [1.165, 1.54) is 18.3 Å². The SMILES string of the molecule is FC(F)(F)c1cccc2nc(-c3ccccc3Cl)cn12. The number of aromatic nitrogens is 2. The molecule has 0 bridgehead atoms. The van der Waals surface area contributed by atoms with E-state index in [-0.39, 0.29) is 5.65 Å². The van der Waals surface area contributed by atoms with Crippen LogP contribution in [0.25, 0.3) is 16.9 Å². The number of hydrogen-bond acceptors (Lipinski definition) is 1. The van der Waals surface area contributed by atoms with Crippen molar-refractivity contribution in [3.05, 3.63) is 59.4 Å². The molecular formula is C14H8ClF3N2. The Kier molecular flexibility index (Phi) is 2.94. The molecule has 20 heavy (non-hydrogen) atoms. The molecule has 0 spiro atoms. The smallest absolute Gasteiger partial charge is 0.295 e. The standard InChI is InChI=1S/C14H8ClF3N2/c15-10-5-2-1-4-9(10)11-8-20-12(14(16,17)18)6-3-7-13(20)19-11/h1-8H. The van der Waals surface area contributed by atoms with E-state index in [0.29, 0.717) is 16.3 Å². The number of hydrogen-bond donors (Lipinski definition) is 0. The van der Waals surface area contributed by atoms with Crippen molar-refractivity contribution in [1.82, 2.24) is 9.38 Å². The number of imidazole rings is 1. The summed E-state index contributed by atoms with van der Waals surface area (Å²) >= 11 is 6.04. The van der Waals surface area contributed by atoms with E-state index in [9.17, 15) is 13.2 Å². The fourth-order valence-corrected chi connectivity index (χ4v) is 2.27. The van der Waals surface area contributed by atoms with E-state index in [4.69, 9.17) is 11.6 Å². The second kappa shape index (κ2) is 4.52. The molecule has 0 amide bonds. The summed E-state index contributed by atoms with van der Waals surface area (Å²) in [6.07, 6.45) is -3.09. The molecule has 2 aromatic heterocycles. The van der Waals surface area contributed by atoms with Crippen LogP contribution < -0.4 is 0 Å². The first-order valence-corrected chi connectivity index (χ1v) is 6.15. The Morgan fingerprint density at radius 3 is 2.45 bits per heavy atom. The second-order valence-corrected chi connectivity index (χ2v) is 4.65. The molecule has 3 rings (SSSR count). The van der Waals surface area contributed by atoms with Gasteiger partial charge in [-0.25, -0.2) is 4.98 Å². The number of rotatable bonds is 1. The summed E-state index contributed by atoms with van der Waals surface area (Å²) in [5.41, 5.74) is 0.480. The molecule has 0 aliphatic heterocycles. The minimum Gasteiger partial charge on any atom is -0.295 e. The quantitative estimate of drug-likeness (QED) is 0.637. The van der Waals surface area contributed by atoms with Gasteiger partial charge in [-0.3, -0.25) is 4.40 Å². The van der Waals surface area contributed by atoms with E-state index in [0.717, 1.165) is 10.5 Å². The molecule has 0 saturated heterocycles. The first kappa shape index (κ1) is 13.0. The third-order valence-electron chi connectivity index (χ3n) is 2.93. The molecule has 0 saturated carbocycles. The Morgan fingerprint density at radius 1 is 1.00 bits per heavy atom. The lowest BCUT2D eigenvalue weighted by atomic mass is 10.2. The molecule has 0 radical (unpaired) electrons. The molecule has 0 fully saturated rings. The maximum absolute atomic E-state index is 12.9. The van der Waals surface area contributed by atoms with E-state index in [1.54, 1.807) is 24.3 Å². The van der Waals surface area contributed by atoms with Gasteiger partial charge in [-0.05, 0) is 18.2 Å². The van der Waals surface area contributed by atoms with Gasteiger partial charge in [-0.15, -0.1) is 0 Å². The average Bonchev–Trinajstić information content (AvgIpc) is 2.81. The lowest BCUT2D eigenvalue weighted by Gasteiger charge is -2.08. The van der Waals surface area contributed by atoms with Crippen LogP contribution in [0.1, 0.15) is 5.69 Å². The lowest BCUT2D eigenvalue weighted by molar-refractivity contribution is -0.142. The summed E-state index contributed by atoms with van der Waals surface area (Å²) < 4.78 is 39.8. The van der Waals surface area contributed by atoms with Gasteiger partial charge in [-0.2, -0.15) is 13.2 Å². The molecule has 2 heterocycles. The number of benzene rings is 1. The minimum absolute atomic E-state index is 0.231. The van der Waals surface area contributed by atoms with Gasteiger partial charge >= 0.3 is 6.18 Å². The topological polar surface area (TPSA) is 17.3 Å². The van der Waals surface area contributed by atoms with Crippen LogP contribution in [0.5, 0.6) is 0 Å². The molecule has 102 valence electrons. The van der Waals surface area contributed by atoms with Gasteiger partial charge < -0.3 is 0 Å². The molecule has 0 aliphatic rings. The zero-order chi connectivity index (χ0) is 14.3. The highest BCUT2D eigenvalue weighted by molar-refractivity contribution is 6.33. The summed E-state index contributed by atoms with van der Waals surface area (Å²) in [7, 11) is 0. The summed E-state index contributed by atoms with van der Waals surface area (Å²) in [5, 5.41) is 0.449. The van der Waals surface area contributed by atoms with Gasteiger partial charge in [0.05, 0.1) is 10.7 Å². The molecule has 0 unspecified atom stereocenters. The molecule has 2 nitrogen and oxygen atoms in total. The Hall–Kier alpha value is -2.01. The Labute approximate surface area is 117 Å². The zero-order valence-corrected chi connectivity index (χ0v) is 10.8. The number of halogens is 4. The first-order valence-electron chi connectivity index (χ1n) is 5.77. The highest BCUT2D eigenvalue weighted by Gasteiger charge is 2.33. The van der Waals surface area contributed by atoms with Crippen molar-refractivity contribution in [2.45, 2.75) is 6.18 Å². The van der Waals surface area contributed by atoms with Gasteiger partial charge in [0.2, 0.25) is 0 Å². The average molecular weight is 297 g/mol. The van der Waals surface area contributed by atoms with Crippen molar-refractivity contribution in [2.75, 3.05) is 0 Å². The predicted molar refractivity (Wildman–Crippen MR) is 70.6 cm³/mol. The Morgan fingerprint density at radius 2 is 1.75 bits per heavy atom. The predicted octanol–water partition coefficient (Wildman–Crippen LogP) is 4.67. The van der Waals surface area contributed by atoms with Gasteiger partial charge in [0, 0.05) is 11.8 Å². The molecular weight excluding hydrogens is 289 g/mol. The van der Waals surface area contributed by atoms with E-state index >= 15 is 0 Å². The van der Waals surface area contributed by atoms with Crippen molar-refractivity contribution in [1.29, 1.82) is 0 Å². The van der Waals surface area contributed by atoms with Crippen LogP contribution in [0.4, 0.5) is 13.2 Å². The van der Waals surface area contributed by atoms with E-state index in [2.05, 4.69) is 4.98 Å². The maximum atomic E-state index is 12.9. The summed E-state index contributed by atoms with van der Waals surface area (Å²) in [4.78, 5) is 4.20. The fourth-order valence-electron chi connectivity index (χ4n) is 2.04. The number of nitrogens with zero attached hydrogens (tertiary/aromatic N) is 2. The molecule has 0 aliphatic carbocycles. The number of fused-ring (bicyclic) bond motifs is 1. The molecule has 3 aromatic rings. The first-order chi connectivity index (χ1) is 9.47. The lowest BCUT2D eigenvalue weighted by Crippen LogP contribution is -2.10. The highest BCUT2D eigenvalue weighted by Crippen LogP contribution is 2.32.